The van der Waals surface area contributed by atoms with Crippen molar-refractivity contribution < 1.29 is 9.53 Å². The van der Waals surface area contributed by atoms with Crippen LogP contribution in [0.5, 0.6) is 0 Å². The quantitative estimate of drug-likeness (QED) is 0.821. The van der Waals surface area contributed by atoms with E-state index in [0.29, 0.717) is 0 Å². The number of piperazine rings is 1. The summed E-state index contributed by atoms with van der Waals surface area (Å²) in [6.07, 6.45) is 2.27. The second-order valence-electron chi connectivity index (χ2n) is 7.21. The lowest BCUT2D eigenvalue weighted by molar-refractivity contribution is 0.0841. The Morgan fingerprint density at radius 2 is 1.74 bits per heavy atom. The Kier molecular flexibility index (Phi) is 7.11. The number of hydrogen-bond donors (Lipinski definition) is 1. The molecule has 1 unspecified atom stereocenters. The van der Waals surface area contributed by atoms with Gasteiger partial charge in [0.05, 0.1) is 12.1 Å². The van der Waals surface area contributed by atoms with Crippen LogP contribution >= 0.6 is 0 Å². The molecule has 0 aliphatic carbocycles. The number of hydrogen-bond acceptors (Lipinski definition) is 4. The maximum Gasteiger partial charge on any atom is 0.317 e. The highest BCUT2D eigenvalue weighted by Gasteiger charge is 2.26. The van der Waals surface area contributed by atoms with Gasteiger partial charge >= 0.3 is 6.03 Å². The van der Waals surface area contributed by atoms with Crippen LogP contribution in [0.3, 0.4) is 0 Å². The van der Waals surface area contributed by atoms with Crippen molar-refractivity contribution in [3.05, 3.63) is 0 Å². The largest absolute Gasteiger partial charge is 0.380 e. The Morgan fingerprint density at radius 3 is 2.30 bits per heavy atom. The number of urea groups is 1. The molecule has 1 N–H and O–H groups in total. The average molecular weight is 326 g/mol. The van der Waals surface area contributed by atoms with Crippen molar-refractivity contribution in [1.82, 2.24) is 20.0 Å². The van der Waals surface area contributed by atoms with Gasteiger partial charge < -0.3 is 24.8 Å². The number of methoxy groups -OCH3 is 1. The maximum absolute atomic E-state index is 12.3. The van der Waals surface area contributed by atoms with Crippen molar-refractivity contribution in [3.63, 3.8) is 0 Å². The molecular weight excluding hydrogens is 292 g/mol. The van der Waals surface area contributed by atoms with Gasteiger partial charge in [0.15, 0.2) is 0 Å². The molecule has 23 heavy (non-hydrogen) atoms. The fourth-order valence-electron chi connectivity index (χ4n) is 3.32. The van der Waals surface area contributed by atoms with Crippen LogP contribution in [0.4, 0.5) is 4.79 Å². The number of likely N-dealkylation sites (N-methyl/N-ethyl adjacent to an activating group) is 1. The van der Waals surface area contributed by atoms with E-state index in [9.17, 15) is 4.79 Å². The van der Waals surface area contributed by atoms with Gasteiger partial charge in [0.25, 0.3) is 0 Å². The summed E-state index contributed by atoms with van der Waals surface area (Å²) in [4.78, 5) is 19.2. The fourth-order valence-corrected chi connectivity index (χ4v) is 3.32. The zero-order valence-electron chi connectivity index (χ0n) is 15.3. The minimum Gasteiger partial charge on any atom is -0.380 e. The Labute approximate surface area is 141 Å². The second-order valence-corrected chi connectivity index (χ2v) is 7.21. The van der Waals surface area contributed by atoms with Gasteiger partial charge in [0, 0.05) is 52.9 Å². The SMILES string of the molecule is COC(C)[C@H](C)NC(=O)N1CCC(CN2CCN(C)CC2)CC1. The molecule has 2 aliphatic heterocycles. The van der Waals surface area contributed by atoms with E-state index in [1.165, 1.54) is 32.7 Å². The van der Waals surface area contributed by atoms with Crippen molar-refractivity contribution in [3.8, 4) is 0 Å². The van der Waals surface area contributed by atoms with E-state index in [2.05, 4.69) is 22.2 Å². The zero-order valence-corrected chi connectivity index (χ0v) is 15.3. The molecule has 2 fully saturated rings. The highest BCUT2D eigenvalue weighted by atomic mass is 16.5. The summed E-state index contributed by atoms with van der Waals surface area (Å²) < 4.78 is 5.27. The molecule has 134 valence electrons. The normalized spacial score (nSPS) is 24.4. The van der Waals surface area contributed by atoms with Crippen molar-refractivity contribution in [2.75, 3.05) is 60.0 Å². The van der Waals surface area contributed by atoms with Crippen molar-refractivity contribution in [2.24, 2.45) is 5.92 Å². The van der Waals surface area contributed by atoms with Crippen LogP contribution in [-0.4, -0.2) is 92.8 Å². The predicted octanol–water partition coefficient (Wildman–Crippen LogP) is 1.08. The first-order valence-corrected chi connectivity index (χ1v) is 8.98. The van der Waals surface area contributed by atoms with Crippen LogP contribution in [0.2, 0.25) is 0 Å². The van der Waals surface area contributed by atoms with Crippen molar-refractivity contribution in [1.29, 1.82) is 0 Å². The van der Waals surface area contributed by atoms with E-state index in [1.807, 2.05) is 18.7 Å². The summed E-state index contributed by atoms with van der Waals surface area (Å²) >= 11 is 0. The lowest BCUT2D eigenvalue weighted by atomic mass is 9.96. The average Bonchev–Trinajstić information content (AvgIpc) is 2.56. The van der Waals surface area contributed by atoms with Gasteiger partial charge in [0.1, 0.15) is 0 Å². The fraction of sp³-hybridized carbons (Fsp3) is 0.941. The molecule has 0 saturated carbocycles. The topological polar surface area (TPSA) is 48.1 Å². The van der Waals surface area contributed by atoms with E-state index < -0.39 is 0 Å². The molecule has 0 aromatic carbocycles. The lowest BCUT2D eigenvalue weighted by Crippen LogP contribution is -2.51. The number of carbonyl (C=O) groups excluding carboxylic acids is 1. The molecule has 0 spiro atoms. The molecule has 2 rings (SSSR count). The molecule has 0 radical (unpaired) electrons. The van der Waals surface area contributed by atoms with Gasteiger partial charge in [-0.05, 0) is 39.7 Å². The van der Waals surface area contributed by atoms with E-state index in [1.54, 1.807) is 7.11 Å². The Morgan fingerprint density at radius 1 is 1.13 bits per heavy atom. The van der Waals surface area contributed by atoms with Gasteiger partial charge in [-0.2, -0.15) is 0 Å². The van der Waals surface area contributed by atoms with Gasteiger partial charge in [-0.1, -0.05) is 0 Å². The Balaban J connectivity index is 1.68. The van der Waals surface area contributed by atoms with Gasteiger partial charge in [-0.25, -0.2) is 4.79 Å². The number of nitrogens with one attached hydrogen (secondary N) is 1. The molecule has 2 amide bonds. The maximum atomic E-state index is 12.3. The van der Waals surface area contributed by atoms with Gasteiger partial charge in [-0.3, -0.25) is 0 Å². The van der Waals surface area contributed by atoms with E-state index >= 15 is 0 Å². The molecule has 2 atom stereocenters. The molecule has 2 aliphatic rings. The highest BCUT2D eigenvalue weighted by molar-refractivity contribution is 5.74. The van der Waals surface area contributed by atoms with Crippen molar-refractivity contribution in [2.45, 2.75) is 38.8 Å². The summed E-state index contributed by atoms with van der Waals surface area (Å²) in [6, 6.07) is 0.0926. The highest BCUT2D eigenvalue weighted by Crippen LogP contribution is 2.19. The van der Waals surface area contributed by atoms with E-state index in [4.69, 9.17) is 4.74 Å². The third kappa shape index (κ3) is 5.62. The molecule has 6 nitrogen and oxygen atoms in total. The monoisotopic (exact) mass is 326 g/mol. The first-order valence-electron chi connectivity index (χ1n) is 8.98. The summed E-state index contributed by atoms with van der Waals surface area (Å²) in [6.45, 7) is 11.6. The smallest absolute Gasteiger partial charge is 0.317 e. The summed E-state index contributed by atoms with van der Waals surface area (Å²) in [5.41, 5.74) is 0. The first kappa shape index (κ1) is 18.5. The summed E-state index contributed by atoms with van der Waals surface area (Å²) in [7, 11) is 3.87. The molecule has 0 aromatic rings. The van der Waals surface area contributed by atoms with Gasteiger partial charge in [0.2, 0.25) is 0 Å². The van der Waals surface area contributed by atoms with Crippen LogP contribution in [0.15, 0.2) is 0 Å². The van der Waals surface area contributed by atoms with E-state index in [0.717, 1.165) is 31.8 Å². The second kappa shape index (κ2) is 8.85. The van der Waals surface area contributed by atoms with Crippen LogP contribution in [0.1, 0.15) is 26.7 Å². The number of nitrogens with zero attached hydrogens (tertiary/aromatic N) is 3. The number of amides is 2. The molecule has 2 heterocycles. The number of rotatable bonds is 5. The minimum absolute atomic E-state index is 0.0359. The lowest BCUT2D eigenvalue weighted by Gasteiger charge is -2.38. The Bertz CT molecular complexity index is 364. The van der Waals surface area contributed by atoms with Crippen LogP contribution < -0.4 is 5.32 Å². The first-order chi connectivity index (χ1) is 11.0. The zero-order chi connectivity index (χ0) is 16.8. The molecule has 0 aromatic heterocycles. The number of piperidine rings is 1. The summed E-state index contributed by atoms with van der Waals surface area (Å²) in [5.74, 6) is 0.734. The number of carbonyl (C=O) groups is 1. The van der Waals surface area contributed by atoms with Crippen LogP contribution in [0.25, 0.3) is 0 Å². The molecular formula is C17H34N4O2. The Hall–Kier alpha value is -0.850. The van der Waals surface area contributed by atoms with Gasteiger partial charge in [-0.15, -0.1) is 0 Å². The van der Waals surface area contributed by atoms with Crippen LogP contribution in [0, 0.1) is 5.92 Å². The number of ether oxygens (including phenoxy) is 1. The molecule has 0 bridgehead atoms. The van der Waals surface area contributed by atoms with E-state index in [-0.39, 0.29) is 18.2 Å². The third-order valence-electron chi connectivity index (χ3n) is 5.44. The third-order valence-corrected chi connectivity index (χ3v) is 5.44. The predicted molar refractivity (Wildman–Crippen MR) is 92.7 cm³/mol. The number of likely N-dealkylation sites (tertiary alicyclic amines) is 1. The standard InChI is InChI=1S/C17H34N4O2/c1-14(15(2)23-4)18-17(22)21-7-5-16(6-8-21)13-20-11-9-19(3)10-12-20/h14-16H,5-13H2,1-4H3,(H,18,22)/t14-,15?/m0/s1. The molecule has 2 saturated heterocycles. The summed E-state index contributed by atoms with van der Waals surface area (Å²) in [5, 5.41) is 3.05. The van der Waals surface area contributed by atoms with Crippen LogP contribution in [-0.2, 0) is 4.74 Å². The molecule has 6 heteroatoms. The minimum atomic E-state index is 0.0359. The van der Waals surface area contributed by atoms with Crippen molar-refractivity contribution >= 4 is 6.03 Å².